The lowest BCUT2D eigenvalue weighted by Gasteiger charge is -2.40. The summed E-state index contributed by atoms with van der Waals surface area (Å²) in [5.74, 6) is -2.34. The van der Waals surface area contributed by atoms with Crippen molar-refractivity contribution < 1.29 is 43.3 Å². The molecule has 1 saturated heterocycles. The number of anilines is 3. The number of rotatable bonds is 20. The van der Waals surface area contributed by atoms with E-state index in [9.17, 15) is 29.1 Å². The van der Waals surface area contributed by atoms with Gasteiger partial charge in [0.15, 0.2) is 0 Å². The molecule has 0 radical (unpaired) electrons. The second-order valence-corrected chi connectivity index (χ2v) is 18.4. The molecular weight excluding hydrogens is 849 g/mol. The molecule has 1 unspecified atom stereocenters. The van der Waals surface area contributed by atoms with E-state index in [-0.39, 0.29) is 46.7 Å². The average molecular weight is 913 g/mol. The third-order valence-electron chi connectivity index (χ3n) is 11.9. The van der Waals surface area contributed by atoms with Crippen LogP contribution in [0.25, 0.3) is 10.8 Å². The summed E-state index contributed by atoms with van der Waals surface area (Å²) in [4.78, 5) is 70.8. The molecule has 354 valence electrons. The van der Waals surface area contributed by atoms with Crippen LogP contribution in [0.3, 0.4) is 0 Å². The third kappa shape index (κ3) is 12.1. The zero-order valence-corrected chi connectivity index (χ0v) is 39.6. The molecule has 5 aromatic rings. The lowest BCUT2D eigenvalue weighted by molar-refractivity contribution is -0.154. The van der Waals surface area contributed by atoms with Crippen molar-refractivity contribution in [2.24, 2.45) is 5.41 Å². The number of carbonyl (C=O) groups is 5. The van der Waals surface area contributed by atoms with Crippen LogP contribution < -0.4 is 24.7 Å². The highest BCUT2D eigenvalue weighted by Crippen LogP contribution is 2.40. The number of urea groups is 1. The second-order valence-electron chi connectivity index (χ2n) is 18.4. The Balaban J connectivity index is 1.19. The number of aromatic hydroxyl groups is 1. The molecule has 1 atom stereocenters. The number of para-hydroxylation sites is 4. The number of fused-ring (bicyclic) bond motifs is 1. The third-order valence-corrected chi connectivity index (χ3v) is 11.9. The van der Waals surface area contributed by atoms with Crippen LogP contribution in [0.15, 0.2) is 109 Å². The monoisotopic (exact) mass is 912 g/mol. The fourth-order valence-corrected chi connectivity index (χ4v) is 8.15. The van der Waals surface area contributed by atoms with Crippen LogP contribution >= 0.6 is 0 Å². The summed E-state index contributed by atoms with van der Waals surface area (Å²) in [7, 11) is 1.44. The van der Waals surface area contributed by atoms with E-state index in [1.807, 2.05) is 6.07 Å². The van der Waals surface area contributed by atoms with Crippen molar-refractivity contribution in [2.45, 2.75) is 111 Å². The Morgan fingerprint density at radius 2 is 1.34 bits per heavy atom. The number of hydrogen-bond donors (Lipinski definition) is 2. The quantitative estimate of drug-likeness (QED) is 0.0438. The number of hydrogen-bond acceptors (Lipinski definition) is 10. The Morgan fingerprint density at radius 1 is 0.746 bits per heavy atom. The number of imide groups is 1. The topological polar surface area (TPSA) is 155 Å². The molecule has 5 aromatic carbocycles. The summed E-state index contributed by atoms with van der Waals surface area (Å²) in [6.45, 7) is 9.48. The SMILES string of the molecule is CCCCCCCCCCCCOc1ccccc1NC(=O)c1cc(OC(=O)c2ccccc2N(C)C(=O)N2C(=O)CC(C)(COC(=O)C(C)(C)C)N2c2ccccc2)c2ccccc2c1O. The van der Waals surface area contributed by atoms with Crippen molar-refractivity contribution in [1.82, 2.24) is 5.01 Å². The highest BCUT2D eigenvalue weighted by molar-refractivity contribution is 6.13. The fraction of sp³-hybridized carbons (Fsp3) is 0.389. The maximum atomic E-state index is 14.6. The molecule has 13 nitrogen and oxygen atoms in total. The number of nitrogens with zero attached hydrogens (tertiary/aromatic N) is 3. The maximum absolute atomic E-state index is 14.6. The number of amides is 4. The van der Waals surface area contributed by atoms with Crippen molar-refractivity contribution in [3.63, 3.8) is 0 Å². The lowest BCUT2D eigenvalue weighted by Crippen LogP contribution is -2.56. The molecule has 6 rings (SSSR count). The van der Waals surface area contributed by atoms with Crippen LogP contribution in [-0.2, 0) is 14.3 Å². The Kier molecular flexibility index (Phi) is 16.7. The van der Waals surface area contributed by atoms with E-state index in [1.54, 1.807) is 119 Å². The van der Waals surface area contributed by atoms with Crippen LogP contribution in [0.5, 0.6) is 17.2 Å². The number of benzene rings is 5. The zero-order chi connectivity index (χ0) is 48.1. The minimum atomic E-state index is -1.14. The van der Waals surface area contributed by atoms with Crippen LogP contribution in [0.4, 0.5) is 21.9 Å². The van der Waals surface area contributed by atoms with E-state index in [0.29, 0.717) is 29.1 Å². The number of unbranched alkanes of at least 4 members (excludes halogenated alkanes) is 9. The molecule has 0 aliphatic carbocycles. The van der Waals surface area contributed by atoms with Crippen molar-refractivity contribution in [2.75, 3.05) is 35.5 Å². The van der Waals surface area contributed by atoms with Crippen LogP contribution in [0.2, 0.25) is 0 Å². The Bertz CT molecular complexity index is 2540. The molecule has 4 amide bonds. The molecule has 1 fully saturated rings. The van der Waals surface area contributed by atoms with Crippen molar-refractivity contribution >= 4 is 57.6 Å². The predicted octanol–water partition coefficient (Wildman–Crippen LogP) is 11.9. The Hall–Kier alpha value is -6.89. The normalized spacial score (nSPS) is 14.8. The maximum Gasteiger partial charge on any atom is 0.350 e. The smallest absolute Gasteiger partial charge is 0.350 e. The number of nitrogens with one attached hydrogen (secondary N) is 1. The molecule has 13 heteroatoms. The van der Waals surface area contributed by atoms with Crippen molar-refractivity contribution in [3.05, 3.63) is 120 Å². The summed E-state index contributed by atoms with van der Waals surface area (Å²) in [5, 5.41) is 17.5. The van der Waals surface area contributed by atoms with E-state index in [4.69, 9.17) is 14.2 Å². The van der Waals surface area contributed by atoms with Gasteiger partial charge >= 0.3 is 18.0 Å². The first kappa shape index (κ1) is 49.5. The van der Waals surface area contributed by atoms with Crippen LogP contribution in [-0.4, -0.2) is 65.7 Å². The minimum absolute atomic E-state index is 0.0108. The average Bonchev–Trinajstić information content (AvgIpc) is 3.59. The van der Waals surface area contributed by atoms with Crippen LogP contribution in [0.1, 0.15) is 126 Å². The van der Waals surface area contributed by atoms with Gasteiger partial charge in [0.1, 0.15) is 29.4 Å². The summed E-state index contributed by atoms with van der Waals surface area (Å²) >= 11 is 0. The number of carbonyl (C=O) groups excluding carboxylic acids is 5. The van der Waals surface area contributed by atoms with E-state index >= 15 is 0 Å². The summed E-state index contributed by atoms with van der Waals surface area (Å²) in [6.07, 6.45) is 11.9. The molecule has 67 heavy (non-hydrogen) atoms. The summed E-state index contributed by atoms with van der Waals surface area (Å²) in [5.41, 5.74) is -1.04. The van der Waals surface area contributed by atoms with Gasteiger partial charge in [0.25, 0.3) is 11.8 Å². The summed E-state index contributed by atoms with van der Waals surface area (Å²) < 4.78 is 17.9. The number of hydrazine groups is 1. The standard InChI is InChI=1S/C54H64N4O9/c1-7-8-9-10-11-12-13-14-15-25-34-65-45-33-24-22-31-43(45)55-49(61)42-35-46(39-28-19-20-29-40(39)48(42)60)67-50(62)41-30-21-23-32-44(41)56(6)52(64)57-47(59)36-54(5,37-66-51(63)53(2,3)4)58(57)38-26-17-16-18-27-38/h16-24,26-33,35,60H,7-15,25,34,36-37H2,1-6H3,(H,55,61). The molecule has 0 saturated carbocycles. The molecule has 1 aliphatic rings. The van der Waals surface area contributed by atoms with Gasteiger partial charge in [-0.25, -0.2) is 9.59 Å². The Morgan fingerprint density at radius 3 is 2.03 bits per heavy atom. The van der Waals surface area contributed by atoms with E-state index in [2.05, 4.69) is 12.2 Å². The summed E-state index contributed by atoms with van der Waals surface area (Å²) in [6, 6.07) is 29.4. The predicted molar refractivity (Wildman–Crippen MR) is 262 cm³/mol. The Labute approximate surface area is 394 Å². The van der Waals surface area contributed by atoms with Gasteiger partial charge in [-0.15, -0.1) is 0 Å². The molecule has 0 aromatic heterocycles. The number of phenolic OH excluding ortho intramolecular Hbond substituents is 1. The van der Waals surface area contributed by atoms with E-state index in [1.165, 1.54) is 74.0 Å². The highest BCUT2D eigenvalue weighted by Gasteiger charge is 2.52. The van der Waals surface area contributed by atoms with Crippen molar-refractivity contribution in [3.8, 4) is 17.2 Å². The molecular formula is C54H64N4O9. The zero-order valence-electron chi connectivity index (χ0n) is 39.6. The van der Waals surface area contributed by atoms with Crippen molar-refractivity contribution in [1.29, 1.82) is 0 Å². The first-order valence-electron chi connectivity index (χ1n) is 23.4. The highest BCUT2D eigenvalue weighted by atomic mass is 16.5. The second kappa shape index (κ2) is 22.5. The molecule has 0 bridgehead atoms. The van der Waals surface area contributed by atoms with Gasteiger partial charge in [0.2, 0.25) is 0 Å². The molecule has 2 N–H and O–H groups in total. The van der Waals surface area contributed by atoms with Gasteiger partial charge in [-0.3, -0.25) is 24.3 Å². The van der Waals surface area contributed by atoms with Gasteiger partial charge < -0.3 is 24.6 Å². The molecule has 0 spiro atoms. The number of ether oxygens (including phenoxy) is 3. The first-order valence-corrected chi connectivity index (χ1v) is 23.4. The van der Waals surface area contributed by atoms with Crippen LogP contribution in [0, 0.1) is 5.41 Å². The largest absolute Gasteiger partial charge is 0.506 e. The van der Waals surface area contributed by atoms with Gasteiger partial charge in [-0.2, -0.15) is 5.01 Å². The van der Waals surface area contributed by atoms with Gasteiger partial charge in [-0.1, -0.05) is 131 Å². The van der Waals surface area contributed by atoms with E-state index in [0.717, 1.165) is 24.3 Å². The van der Waals surface area contributed by atoms with Gasteiger partial charge in [0.05, 0.1) is 46.6 Å². The minimum Gasteiger partial charge on any atom is -0.506 e. The van der Waals surface area contributed by atoms with Gasteiger partial charge in [-0.05, 0) is 76.6 Å². The molecule has 1 heterocycles. The van der Waals surface area contributed by atoms with Gasteiger partial charge in [0, 0.05) is 17.8 Å². The first-order chi connectivity index (χ1) is 32.1. The lowest BCUT2D eigenvalue weighted by atomic mass is 9.96. The fourth-order valence-electron chi connectivity index (χ4n) is 8.15. The van der Waals surface area contributed by atoms with E-state index < -0.39 is 40.7 Å². The number of esters is 2. The number of phenols is 1. The molecule has 1 aliphatic heterocycles.